The fraction of sp³-hybridized carbons (Fsp3) is 0.421. The van der Waals surface area contributed by atoms with Crippen LogP contribution >= 0.6 is 0 Å². The van der Waals surface area contributed by atoms with Crippen LogP contribution in [0.5, 0.6) is 0 Å². The summed E-state index contributed by atoms with van der Waals surface area (Å²) in [5.41, 5.74) is 1.27. The van der Waals surface area contributed by atoms with Crippen molar-refractivity contribution in [3.63, 3.8) is 0 Å². The molecule has 0 saturated heterocycles. The van der Waals surface area contributed by atoms with Crippen LogP contribution in [-0.4, -0.2) is 46.2 Å². The number of nitrogens with zero attached hydrogens (tertiary/aromatic N) is 2. The maximum Gasteiger partial charge on any atom is 0.410 e. The van der Waals surface area contributed by atoms with E-state index in [0.717, 1.165) is 0 Å². The van der Waals surface area contributed by atoms with E-state index >= 15 is 0 Å². The highest BCUT2D eigenvalue weighted by Crippen LogP contribution is 2.17. The second-order valence-electron chi connectivity index (χ2n) is 6.89. The van der Waals surface area contributed by atoms with Gasteiger partial charge in [0.25, 0.3) is 0 Å². The van der Waals surface area contributed by atoms with E-state index < -0.39 is 17.7 Å². The fourth-order valence-electron chi connectivity index (χ4n) is 2.37. The molecule has 0 saturated carbocycles. The third-order valence-electron chi connectivity index (χ3n) is 3.55. The molecular weight excluding hydrogens is 334 g/mol. The van der Waals surface area contributed by atoms with Crippen LogP contribution in [0.15, 0.2) is 30.9 Å². The predicted octanol–water partition coefficient (Wildman–Crippen LogP) is 3.66. The van der Waals surface area contributed by atoms with E-state index in [1.165, 1.54) is 7.11 Å². The molecule has 0 atom stereocenters. The number of carbonyl (C=O) groups excluding carboxylic acids is 2. The lowest BCUT2D eigenvalue weighted by molar-refractivity contribution is 0.0232. The van der Waals surface area contributed by atoms with Crippen LogP contribution in [-0.2, 0) is 16.0 Å². The Balaban J connectivity index is 2.22. The smallest absolute Gasteiger partial charge is 0.410 e. The van der Waals surface area contributed by atoms with Crippen molar-refractivity contribution < 1.29 is 19.1 Å². The van der Waals surface area contributed by atoms with Gasteiger partial charge in [0.05, 0.1) is 30.3 Å². The van der Waals surface area contributed by atoms with E-state index in [2.05, 4.69) is 16.5 Å². The van der Waals surface area contributed by atoms with Crippen LogP contribution in [0.4, 0.5) is 4.79 Å². The first kappa shape index (κ1) is 19.5. The Bertz CT molecular complexity index is 805. The number of amides is 1. The zero-order chi connectivity index (χ0) is 19.3. The zero-order valence-electron chi connectivity index (χ0n) is 15.7. The van der Waals surface area contributed by atoms with Crippen molar-refractivity contribution in [2.75, 3.05) is 13.7 Å². The maximum absolute atomic E-state index is 12.4. The standard InChI is InChI=1S/C19H25N3O4/c1-6-7-10-22(18(24)26-19(2,3)4)12-16-20-14-9-8-13(17(23)25-5)11-15(14)21-16/h6,8-9,11H,1,7,10,12H2,2-5H3,(H,20,21). The molecule has 0 fully saturated rings. The van der Waals surface area contributed by atoms with Gasteiger partial charge >= 0.3 is 12.1 Å². The van der Waals surface area contributed by atoms with Crippen molar-refractivity contribution in [1.82, 2.24) is 14.9 Å². The summed E-state index contributed by atoms with van der Waals surface area (Å²) in [6, 6.07) is 5.07. The van der Waals surface area contributed by atoms with E-state index in [1.54, 1.807) is 29.2 Å². The number of fused-ring (bicyclic) bond motifs is 1. The number of aromatic amines is 1. The average molecular weight is 359 g/mol. The molecule has 1 amide bonds. The Hall–Kier alpha value is -2.83. The molecule has 1 heterocycles. The highest BCUT2D eigenvalue weighted by atomic mass is 16.6. The third kappa shape index (κ3) is 5.08. The lowest BCUT2D eigenvalue weighted by atomic mass is 10.2. The number of nitrogens with one attached hydrogen (secondary N) is 1. The Labute approximate surface area is 153 Å². The molecule has 2 rings (SSSR count). The summed E-state index contributed by atoms with van der Waals surface area (Å²) in [5.74, 6) is 0.196. The summed E-state index contributed by atoms with van der Waals surface area (Å²) >= 11 is 0. The highest BCUT2D eigenvalue weighted by molar-refractivity contribution is 5.93. The first-order valence-electron chi connectivity index (χ1n) is 8.39. The fourth-order valence-corrected chi connectivity index (χ4v) is 2.37. The minimum Gasteiger partial charge on any atom is -0.465 e. The number of esters is 1. The molecule has 1 N–H and O–H groups in total. The molecule has 2 aromatic rings. The quantitative estimate of drug-likeness (QED) is 0.628. The summed E-state index contributed by atoms with van der Waals surface area (Å²) in [4.78, 5) is 33.3. The van der Waals surface area contributed by atoms with Crippen molar-refractivity contribution >= 4 is 23.1 Å². The molecule has 0 aliphatic rings. The number of hydrogen-bond acceptors (Lipinski definition) is 5. The number of aromatic nitrogens is 2. The highest BCUT2D eigenvalue weighted by Gasteiger charge is 2.23. The van der Waals surface area contributed by atoms with E-state index in [4.69, 9.17) is 9.47 Å². The molecule has 140 valence electrons. The van der Waals surface area contributed by atoms with Crippen molar-refractivity contribution in [1.29, 1.82) is 0 Å². The van der Waals surface area contributed by atoms with E-state index in [0.29, 0.717) is 35.4 Å². The number of imidazole rings is 1. The van der Waals surface area contributed by atoms with Gasteiger partial charge in [-0.05, 0) is 45.4 Å². The monoisotopic (exact) mass is 359 g/mol. The van der Waals surface area contributed by atoms with Gasteiger partial charge in [-0.2, -0.15) is 0 Å². The summed E-state index contributed by atoms with van der Waals surface area (Å²) in [6.07, 6.45) is 1.99. The van der Waals surface area contributed by atoms with E-state index in [1.807, 2.05) is 20.8 Å². The molecule has 0 aliphatic carbocycles. The lowest BCUT2D eigenvalue weighted by Gasteiger charge is -2.26. The van der Waals surface area contributed by atoms with Crippen LogP contribution in [0.2, 0.25) is 0 Å². The minimum absolute atomic E-state index is 0.269. The normalized spacial score (nSPS) is 11.2. The number of H-pyrrole nitrogens is 1. The van der Waals surface area contributed by atoms with Crippen LogP contribution in [0, 0.1) is 0 Å². The van der Waals surface area contributed by atoms with Gasteiger partial charge in [0.1, 0.15) is 11.4 Å². The number of carbonyl (C=O) groups is 2. The first-order chi connectivity index (χ1) is 12.2. The molecule has 7 heteroatoms. The Kier molecular flexibility index (Phi) is 6.02. The van der Waals surface area contributed by atoms with Crippen molar-refractivity contribution in [2.45, 2.75) is 39.3 Å². The van der Waals surface area contributed by atoms with Gasteiger partial charge in [-0.3, -0.25) is 0 Å². The van der Waals surface area contributed by atoms with E-state index in [-0.39, 0.29) is 6.54 Å². The van der Waals surface area contributed by atoms with Crippen LogP contribution < -0.4 is 0 Å². The van der Waals surface area contributed by atoms with Crippen molar-refractivity contribution in [3.8, 4) is 0 Å². The molecule has 0 radical (unpaired) electrons. The molecule has 0 spiro atoms. The number of ether oxygens (including phenoxy) is 2. The Morgan fingerprint density at radius 3 is 2.69 bits per heavy atom. The van der Waals surface area contributed by atoms with Crippen LogP contribution in [0.1, 0.15) is 43.4 Å². The minimum atomic E-state index is -0.577. The van der Waals surface area contributed by atoms with Crippen molar-refractivity contribution in [2.24, 2.45) is 0 Å². The first-order valence-corrected chi connectivity index (χ1v) is 8.39. The molecule has 7 nitrogen and oxygen atoms in total. The number of methoxy groups -OCH3 is 1. The van der Waals surface area contributed by atoms with Gasteiger partial charge in [0, 0.05) is 6.54 Å². The Morgan fingerprint density at radius 1 is 1.35 bits per heavy atom. The largest absolute Gasteiger partial charge is 0.465 e. The second kappa shape index (κ2) is 8.03. The van der Waals surface area contributed by atoms with Gasteiger partial charge in [-0.15, -0.1) is 6.58 Å². The second-order valence-corrected chi connectivity index (χ2v) is 6.89. The summed E-state index contributed by atoms with van der Waals surface area (Å²) < 4.78 is 10.2. The van der Waals surface area contributed by atoms with Gasteiger partial charge in [0.2, 0.25) is 0 Å². The molecule has 1 aromatic carbocycles. The molecular formula is C19H25N3O4. The summed E-state index contributed by atoms with van der Waals surface area (Å²) in [6.45, 7) is 9.92. The Morgan fingerprint density at radius 2 is 2.08 bits per heavy atom. The number of benzene rings is 1. The van der Waals surface area contributed by atoms with Gasteiger partial charge in [-0.25, -0.2) is 14.6 Å². The summed E-state index contributed by atoms with van der Waals surface area (Å²) in [5, 5.41) is 0. The average Bonchev–Trinajstić information content (AvgIpc) is 2.97. The molecule has 0 aliphatic heterocycles. The van der Waals surface area contributed by atoms with Crippen molar-refractivity contribution in [3.05, 3.63) is 42.2 Å². The van der Waals surface area contributed by atoms with Crippen LogP contribution in [0.25, 0.3) is 11.0 Å². The lowest BCUT2D eigenvalue weighted by Crippen LogP contribution is -2.37. The van der Waals surface area contributed by atoms with Gasteiger partial charge in [0.15, 0.2) is 0 Å². The maximum atomic E-state index is 12.4. The number of rotatable bonds is 6. The third-order valence-corrected chi connectivity index (χ3v) is 3.55. The molecule has 0 unspecified atom stereocenters. The van der Waals surface area contributed by atoms with Gasteiger partial charge in [-0.1, -0.05) is 6.08 Å². The molecule has 26 heavy (non-hydrogen) atoms. The van der Waals surface area contributed by atoms with Crippen LogP contribution in [0.3, 0.4) is 0 Å². The predicted molar refractivity (Wildman–Crippen MR) is 98.9 cm³/mol. The molecule has 1 aromatic heterocycles. The number of hydrogen-bond donors (Lipinski definition) is 1. The zero-order valence-corrected chi connectivity index (χ0v) is 15.7. The topological polar surface area (TPSA) is 84.5 Å². The summed E-state index contributed by atoms with van der Waals surface area (Å²) in [7, 11) is 1.34. The van der Waals surface area contributed by atoms with Gasteiger partial charge < -0.3 is 19.4 Å². The van der Waals surface area contributed by atoms with E-state index in [9.17, 15) is 9.59 Å². The molecule has 0 bridgehead atoms. The SMILES string of the molecule is C=CCCN(Cc1nc2ccc(C(=O)OC)cc2[nH]1)C(=O)OC(C)(C)C.